The quantitative estimate of drug-likeness (QED) is 0.536. The summed E-state index contributed by atoms with van der Waals surface area (Å²) < 4.78 is 18.8. The van der Waals surface area contributed by atoms with Gasteiger partial charge in [-0.25, -0.2) is 0 Å². The molecule has 0 bridgehead atoms. The summed E-state index contributed by atoms with van der Waals surface area (Å²) in [5, 5.41) is 0. The first kappa shape index (κ1) is 49.6. The molecule has 0 aromatic carbocycles. The van der Waals surface area contributed by atoms with Crippen molar-refractivity contribution < 1.29 is 18.9 Å². The molecule has 4 nitrogen and oxygen atoms in total. The maximum Gasteiger partial charge on any atom is 0.0515 e. The van der Waals surface area contributed by atoms with Crippen molar-refractivity contribution in [2.45, 2.75) is 83.8 Å². The van der Waals surface area contributed by atoms with E-state index in [9.17, 15) is 0 Å². The first-order chi connectivity index (χ1) is 9.37. The Labute approximate surface area is 157 Å². The summed E-state index contributed by atoms with van der Waals surface area (Å²) in [6, 6.07) is 0. The van der Waals surface area contributed by atoms with Gasteiger partial charge in [0.05, 0.1) is 6.10 Å². The van der Waals surface area contributed by atoms with Crippen LogP contribution in [0.4, 0.5) is 0 Å². The Hall–Kier alpha value is -0.160. The second-order valence-corrected chi connectivity index (χ2v) is 4.70. The first-order valence-corrected chi connectivity index (χ1v) is 7.37. The van der Waals surface area contributed by atoms with Crippen LogP contribution < -0.4 is 0 Å². The highest BCUT2D eigenvalue weighted by atomic mass is 16.5. The molecule has 0 saturated carbocycles. The third-order valence-corrected chi connectivity index (χ3v) is 1.67. The molecule has 0 fully saturated rings. The van der Waals surface area contributed by atoms with E-state index in [2.05, 4.69) is 25.5 Å². The molecule has 0 aliphatic rings. The lowest BCUT2D eigenvalue weighted by atomic mass is 10.2. The standard InChI is InChI=1S/C5H12O.2C4H10O.C3H8O.4CH4/c1-5(2)4-6-3;1-4(2)5-3;1-3-4-5-2;1-3-4-2;;;;/h5H,4H2,1-3H3;4H,1-3H3;3-4H2,1-2H3;3H2,1-2H3;4*1H4. The van der Waals surface area contributed by atoms with Crippen LogP contribution in [-0.4, -0.2) is 54.4 Å². The molecule has 0 heterocycles. The third-order valence-electron chi connectivity index (χ3n) is 1.67. The van der Waals surface area contributed by atoms with E-state index < -0.39 is 0 Å². The van der Waals surface area contributed by atoms with E-state index in [0.717, 1.165) is 26.2 Å². The van der Waals surface area contributed by atoms with Gasteiger partial charge in [-0.2, -0.15) is 0 Å². The fourth-order valence-electron chi connectivity index (χ4n) is 0.537. The Bertz CT molecular complexity index is 114. The van der Waals surface area contributed by atoms with E-state index in [1.807, 2.05) is 20.8 Å². The SMILES string of the molecule is C.C.C.C.CCCOC.CCOC.COC(C)C.COCC(C)C. The Morgan fingerprint density at radius 3 is 1.00 bits per heavy atom. The van der Waals surface area contributed by atoms with Crippen LogP contribution in [0, 0.1) is 5.92 Å². The van der Waals surface area contributed by atoms with Crippen LogP contribution in [0.15, 0.2) is 0 Å². The minimum atomic E-state index is 0. The topological polar surface area (TPSA) is 36.9 Å². The molecule has 0 aliphatic heterocycles. The van der Waals surface area contributed by atoms with Crippen LogP contribution in [0.3, 0.4) is 0 Å². The summed E-state index contributed by atoms with van der Waals surface area (Å²) in [6.45, 7) is 14.9. The Balaban J connectivity index is -0.0000000226. The molecule has 0 radical (unpaired) electrons. The zero-order valence-corrected chi connectivity index (χ0v) is 15.6. The van der Waals surface area contributed by atoms with Crippen LogP contribution in [-0.2, 0) is 18.9 Å². The molecule has 0 rings (SSSR count). The summed E-state index contributed by atoms with van der Waals surface area (Å²) >= 11 is 0. The van der Waals surface area contributed by atoms with Crippen LogP contribution in [0.5, 0.6) is 0 Å². The zero-order chi connectivity index (χ0) is 16.8. The molecule has 0 unspecified atom stereocenters. The Kier molecular flexibility index (Phi) is 117. The summed E-state index contributed by atoms with van der Waals surface area (Å²) in [6.07, 6.45) is 1.51. The highest BCUT2D eigenvalue weighted by molar-refractivity contribution is 4.35. The maximum absolute atomic E-state index is 4.80. The highest BCUT2D eigenvalue weighted by Crippen LogP contribution is 1.88. The van der Waals surface area contributed by atoms with Crippen molar-refractivity contribution in [3.63, 3.8) is 0 Å². The molecule has 160 valence electrons. The van der Waals surface area contributed by atoms with Crippen molar-refractivity contribution in [3.05, 3.63) is 0 Å². The van der Waals surface area contributed by atoms with Crippen LogP contribution in [0.2, 0.25) is 0 Å². The van der Waals surface area contributed by atoms with Crippen molar-refractivity contribution in [3.8, 4) is 0 Å². The van der Waals surface area contributed by atoms with Crippen LogP contribution >= 0.6 is 0 Å². The maximum atomic E-state index is 4.80. The summed E-state index contributed by atoms with van der Waals surface area (Å²) in [7, 11) is 6.81. The zero-order valence-electron chi connectivity index (χ0n) is 15.6. The van der Waals surface area contributed by atoms with Gasteiger partial charge in [0.15, 0.2) is 0 Å². The molecule has 0 spiro atoms. The lowest BCUT2D eigenvalue weighted by Gasteiger charge is -1.97. The van der Waals surface area contributed by atoms with Crippen molar-refractivity contribution in [1.29, 1.82) is 0 Å². The number of hydrogen-bond donors (Lipinski definition) is 0. The summed E-state index contributed by atoms with van der Waals surface area (Å²) in [4.78, 5) is 0. The van der Waals surface area contributed by atoms with Gasteiger partial charge >= 0.3 is 0 Å². The molecule has 0 N–H and O–H groups in total. The predicted molar refractivity (Wildman–Crippen MR) is 116 cm³/mol. The minimum absolute atomic E-state index is 0. The van der Waals surface area contributed by atoms with Gasteiger partial charge < -0.3 is 18.9 Å². The number of methoxy groups -OCH3 is 4. The van der Waals surface area contributed by atoms with Crippen molar-refractivity contribution in [2.24, 2.45) is 5.92 Å². The molecule has 0 aromatic rings. The van der Waals surface area contributed by atoms with Crippen LogP contribution in [0.1, 0.15) is 77.7 Å². The minimum Gasteiger partial charge on any atom is -0.385 e. The number of hydrogen-bond acceptors (Lipinski definition) is 4. The monoisotopic (exact) mass is 360 g/mol. The second kappa shape index (κ2) is 56.9. The third kappa shape index (κ3) is 154. The van der Waals surface area contributed by atoms with Gasteiger partial charge in [0.25, 0.3) is 0 Å². The molecule has 24 heavy (non-hydrogen) atoms. The molecule has 0 aromatic heterocycles. The van der Waals surface area contributed by atoms with E-state index in [1.165, 1.54) is 0 Å². The van der Waals surface area contributed by atoms with Crippen molar-refractivity contribution in [2.75, 3.05) is 48.3 Å². The number of rotatable bonds is 6. The van der Waals surface area contributed by atoms with Crippen molar-refractivity contribution in [1.82, 2.24) is 0 Å². The highest BCUT2D eigenvalue weighted by Gasteiger charge is 1.85. The van der Waals surface area contributed by atoms with E-state index in [0.29, 0.717) is 12.0 Å². The largest absolute Gasteiger partial charge is 0.385 e. The Morgan fingerprint density at radius 2 is 1.00 bits per heavy atom. The fourth-order valence-corrected chi connectivity index (χ4v) is 0.537. The van der Waals surface area contributed by atoms with E-state index >= 15 is 0 Å². The Morgan fingerprint density at radius 1 is 0.667 bits per heavy atom. The lowest BCUT2D eigenvalue weighted by Crippen LogP contribution is -1.96. The van der Waals surface area contributed by atoms with E-state index in [1.54, 1.807) is 28.4 Å². The molecule has 0 aliphatic carbocycles. The van der Waals surface area contributed by atoms with E-state index in [-0.39, 0.29) is 29.7 Å². The van der Waals surface area contributed by atoms with Gasteiger partial charge in [-0.3, -0.25) is 0 Å². The summed E-state index contributed by atoms with van der Waals surface area (Å²) in [5.41, 5.74) is 0. The van der Waals surface area contributed by atoms with Gasteiger partial charge in [-0.1, -0.05) is 50.5 Å². The summed E-state index contributed by atoms with van der Waals surface area (Å²) in [5.74, 6) is 0.676. The van der Waals surface area contributed by atoms with Gasteiger partial charge in [0, 0.05) is 48.3 Å². The van der Waals surface area contributed by atoms with Gasteiger partial charge in [-0.05, 0) is 33.1 Å². The van der Waals surface area contributed by atoms with Crippen LogP contribution in [0.25, 0.3) is 0 Å². The molecule has 0 atom stereocenters. The molecule has 4 heteroatoms. The van der Waals surface area contributed by atoms with Gasteiger partial charge in [0.2, 0.25) is 0 Å². The fraction of sp³-hybridized carbons (Fsp3) is 1.00. The second-order valence-electron chi connectivity index (χ2n) is 4.70. The van der Waals surface area contributed by atoms with E-state index in [4.69, 9.17) is 14.2 Å². The van der Waals surface area contributed by atoms with Crippen molar-refractivity contribution >= 4 is 0 Å². The van der Waals surface area contributed by atoms with Gasteiger partial charge in [-0.15, -0.1) is 0 Å². The lowest BCUT2D eigenvalue weighted by molar-refractivity contribution is 0.134. The average Bonchev–Trinajstić information content (AvgIpc) is 2.41. The first-order valence-electron chi connectivity index (χ1n) is 7.37. The predicted octanol–water partition coefficient (Wildman–Crippen LogP) is 6.57. The molecule has 0 saturated heterocycles. The normalized spacial score (nSPS) is 7.50. The molecule has 0 amide bonds. The van der Waals surface area contributed by atoms with Gasteiger partial charge in [0.1, 0.15) is 0 Å². The molecular formula is C20H56O4. The average molecular weight is 361 g/mol. The molecular weight excluding hydrogens is 304 g/mol. The number of ether oxygens (including phenoxy) is 4. The smallest absolute Gasteiger partial charge is 0.0515 e.